The van der Waals surface area contributed by atoms with Crippen LogP contribution in [-0.4, -0.2) is 18.4 Å². The second-order valence-corrected chi connectivity index (χ2v) is 9.25. The summed E-state index contributed by atoms with van der Waals surface area (Å²) in [7, 11) is 0. The Balaban J connectivity index is 1.29. The van der Waals surface area contributed by atoms with E-state index in [-0.39, 0.29) is 29.9 Å². The molecule has 0 radical (unpaired) electrons. The molecule has 38 heavy (non-hydrogen) atoms. The summed E-state index contributed by atoms with van der Waals surface area (Å²) in [5, 5.41) is 3.59. The minimum atomic E-state index is -0.379. The maximum atomic E-state index is 14.4. The van der Waals surface area contributed by atoms with Gasteiger partial charge in [-0.1, -0.05) is 66.2 Å². The Morgan fingerprint density at radius 3 is 2.39 bits per heavy atom. The van der Waals surface area contributed by atoms with E-state index in [2.05, 4.69) is 5.32 Å². The molecular weight excluding hydrogens is 503 g/mol. The average Bonchev–Trinajstić information content (AvgIpc) is 2.93. The predicted octanol–water partition coefficient (Wildman–Crippen LogP) is 6.42. The van der Waals surface area contributed by atoms with Gasteiger partial charge < -0.3 is 10.1 Å². The topological polar surface area (TPSA) is 58.6 Å². The summed E-state index contributed by atoms with van der Waals surface area (Å²) in [6.07, 6.45) is 2.31. The van der Waals surface area contributed by atoms with Crippen LogP contribution in [0, 0.1) is 5.82 Å². The van der Waals surface area contributed by atoms with Gasteiger partial charge >= 0.3 is 0 Å². The van der Waals surface area contributed by atoms with Crippen LogP contribution in [0.2, 0.25) is 5.02 Å². The maximum Gasteiger partial charge on any atom is 0.294 e. The fourth-order valence-electron chi connectivity index (χ4n) is 4.17. The maximum absolute atomic E-state index is 14.4. The van der Waals surface area contributed by atoms with Crippen molar-refractivity contribution >= 4 is 35.2 Å². The molecule has 5 rings (SSSR count). The number of carbonyl (C=O) groups is 2. The van der Waals surface area contributed by atoms with E-state index in [4.69, 9.17) is 16.3 Å². The molecule has 4 aromatic rings. The Morgan fingerprint density at radius 2 is 1.63 bits per heavy atom. The van der Waals surface area contributed by atoms with Crippen LogP contribution in [-0.2, 0) is 17.8 Å². The molecule has 1 N–H and O–H groups in total. The molecule has 0 saturated heterocycles. The van der Waals surface area contributed by atoms with E-state index in [1.54, 1.807) is 66.7 Å². The highest BCUT2D eigenvalue weighted by Gasteiger charge is 2.30. The molecule has 0 saturated carbocycles. The lowest BCUT2D eigenvalue weighted by Crippen LogP contribution is -2.37. The summed E-state index contributed by atoms with van der Waals surface area (Å²) < 4.78 is 20.3. The van der Waals surface area contributed by atoms with E-state index in [1.165, 1.54) is 11.0 Å². The molecular formula is C31H24ClFN2O3. The van der Waals surface area contributed by atoms with Crippen molar-refractivity contribution < 1.29 is 18.7 Å². The molecule has 4 aromatic carbocycles. The fourth-order valence-corrected chi connectivity index (χ4v) is 4.30. The van der Waals surface area contributed by atoms with Gasteiger partial charge in [0, 0.05) is 22.7 Å². The van der Waals surface area contributed by atoms with Crippen molar-refractivity contribution in [2.24, 2.45) is 0 Å². The van der Waals surface area contributed by atoms with Crippen molar-refractivity contribution in [1.82, 2.24) is 5.32 Å². The third-order valence-electron chi connectivity index (χ3n) is 6.20. The minimum Gasteiger partial charge on any atom is -0.449 e. The third kappa shape index (κ3) is 5.76. The summed E-state index contributed by atoms with van der Waals surface area (Å²) in [5.41, 5.74) is 3.26. The van der Waals surface area contributed by atoms with Crippen molar-refractivity contribution in [2.75, 3.05) is 11.4 Å². The Hall–Kier alpha value is -4.42. The summed E-state index contributed by atoms with van der Waals surface area (Å²) in [5.74, 6) is -0.326. The van der Waals surface area contributed by atoms with Gasteiger partial charge in [0.25, 0.3) is 11.8 Å². The number of nitrogens with one attached hydrogen (secondary N) is 1. The molecule has 190 valence electrons. The zero-order valence-electron chi connectivity index (χ0n) is 20.4. The number of fused-ring (bicyclic) bond motifs is 1. The van der Waals surface area contributed by atoms with Crippen LogP contribution in [0.3, 0.4) is 0 Å². The number of hydrogen-bond acceptors (Lipinski definition) is 3. The van der Waals surface area contributed by atoms with E-state index < -0.39 is 0 Å². The Morgan fingerprint density at radius 1 is 0.921 bits per heavy atom. The van der Waals surface area contributed by atoms with Crippen molar-refractivity contribution in [2.45, 2.75) is 13.0 Å². The molecule has 2 amide bonds. The Bertz CT molecular complexity index is 1500. The first-order valence-electron chi connectivity index (χ1n) is 12.1. The van der Waals surface area contributed by atoms with E-state index >= 15 is 0 Å². The first-order chi connectivity index (χ1) is 18.5. The Kier molecular flexibility index (Phi) is 7.52. The number of carbonyl (C=O) groups excluding carboxylic acids is 2. The zero-order valence-corrected chi connectivity index (χ0v) is 21.1. The average molecular weight is 527 g/mol. The summed E-state index contributed by atoms with van der Waals surface area (Å²) >= 11 is 5.91. The van der Waals surface area contributed by atoms with Crippen LogP contribution in [0.5, 0.6) is 5.75 Å². The number of anilines is 1. The van der Waals surface area contributed by atoms with Gasteiger partial charge in [0.05, 0.1) is 12.2 Å². The molecule has 0 unspecified atom stereocenters. The number of halogens is 2. The highest BCUT2D eigenvalue weighted by atomic mass is 35.5. The van der Waals surface area contributed by atoms with E-state index in [9.17, 15) is 14.0 Å². The lowest BCUT2D eigenvalue weighted by molar-refractivity contribution is -0.117. The molecule has 7 heteroatoms. The van der Waals surface area contributed by atoms with Crippen LogP contribution in [0.25, 0.3) is 6.08 Å². The Labute approximate surface area is 225 Å². The molecule has 0 spiro atoms. The lowest BCUT2D eigenvalue weighted by atomic mass is 10.1. The number of ether oxygens (including phenoxy) is 1. The molecule has 0 aromatic heterocycles. The van der Waals surface area contributed by atoms with Gasteiger partial charge in [0.2, 0.25) is 0 Å². The van der Waals surface area contributed by atoms with Crippen molar-refractivity contribution in [1.29, 1.82) is 0 Å². The minimum absolute atomic E-state index is 0.0678. The van der Waals surface area contributed by atoms with Gasteiger partial charge in [-0.2, -0.15) is 0 Å². The van der Waals surface area contributed by atoms with Crippen LogP contribution in [0.4, 0.5) is 10.1 Å². The summed E-state index contributed by atoms with van der Waals surface area (Å²) in [6.45, 7) is 0.560. The smallest absolute Gasteiger partial charge is 0.294 e. The van der Waals surface area contributed by atoms with E-state index in [1.807, 2.05) is 30.3 Å². The number of amides is 2. The van der Waals surface area contributed by atoms with Crippen LogP contribution in [0.15, 0.2) is 103 Å². The summed E-state index contributed by atoms with van der Waals surface area (Å²) in [6, 6.07) is 27.9. The second-order valence-electron chi connectivity index (χ2n) is 8.82. The largest absolute Gasteiger partial charge is 0.449 e. The first kappa shape index (κ1) is 25.2. The third-order valence-corrected chi connectivity index (χ3v) is 6.45. The van der Waals surface area contributed by atoms with Gasteiger partial charge in [0.1, 0.15) is 5.82 Å². The second kappa shape index (κ2) is 11.3. The quantitative estimate of drug-likeness (QED) is 0.283. The van der Waals surface area contributed by atoms with Gasteiger partial charge in [-0.3, -0.25) is 14.5 Å². The van der Waals surface area contributed by atoms with Crippen LogP contribution < -0.4 is 15.0 Å². The number of hydrogen-bond donors (Lipinski definition) is 1. The number of para-hydroxylation sites is 2. The van der Waals surface area contributed by atoms with Gasteiger partial charge in [-0.25, -0.2) is 4.39 Å². The monoisotopic (exact) mass is 526 g/mol. The predicted molar refractivity (Wildman–Crippen MR) is 147 cm³/mol. The first-order valence-corrected chi connectivity index (χ1v) is 12.5. The molecule has 0 aliphatic carbocycles. The molecule has 1 heterocycles. The molecule has 1 aliphatic rings. The lowest BCUT2D eigenvalue weighted by Gasteiger charge is -2.30. The van der Waals surface area contributed by atoms with Crippen LogP contribution in [0.1, 0.15) is 27.0 Å². The van der Waals surface area contributed by atoms with E-state index in [0.717, 1.165) is 5.56 Å². The highest BCUT2D eigenvalue weighted by molar-refractivity contribution is 6.30. The van der Waals surface area contributed by atoms with E-state index in [0.29, 0.717) is 46.1 Å². The van der Waals surface area contributed by atoms with Crippen molar-refractivity contribution in [3.05, 3.63) is 136 Å². The van der Waals surface area contributed by atoms with Crippen LogP contribution >= 0.6 is 11.6 Å². The molecule has 0 fully saturated rings. The number of benzene rings is 4. The zero-order chi connectivity index (χ0) is 26.5. The number of nitrogens with zero attached hydrogens (tertiary/aromatic N) is 1. The SMILES string of the molecule is O=C(NCCc1ccc(Cl)cc1)c1ccc(C=C2Oc3ccccc3N(Cc3ccccc3F)C2=O)cc1. The van der Waals surface area contributed by atoms with Crippen molar-refractivity contribution in [3.63, 3.8) is 0 Å². The highest BCUT2D eigenvalue weighted by Crippen LogP contribution is 2.36. The molecule has 0 bridgehead atoms. The van der Waals surface area contributed by atoms with Gasteiger partial charge in [-0.15, -0.1) is 0 Å². The van der Waals surface area contributed by atoms with Crippen molar-refractivity contribution in [3.8, 4) is 5.75 Å². The molecule has 1 aliphatic heterocycles. The standard InChI is InChI=1S/C31H24ClFN2O3/c32-25-15-11-21(12-16-25)17-18-34-30(36)23-13-9-22(10-14-23)19-29-31(37)35(20-24-5-1-2-6-26(24)33)27-7-3-4-8-28(27)38-29/h1-16,19H,17-18,20H2,(H,34,36). The molecule has 5 nitrogen and oxygen atoms in total. The number of rotatable bonds is 7. The normalized spacial score (nSPS) is 13.7. The fraction of sp³-hybridized carbons (Fsp3) is 0.0968. The van der Waals surface area contributed by atoms with Gasteiger partial charge in [0.15, 0.2) is 11.5 Å². The van der Waals surface area contributed by atoms with Gasteiger partial charge in [-0.05, 0) is 66.1 Å². The summed E-state index contributed by atoms with van der Waals surface area (Å²) in [4.78, 5) is 27.4. The molecule has 0 atom stereocenters.